The van der Waals surface area contributed by atoms with Crippen molar-refractivity contribution in [3.05, 3.63) is 29.3 Å². The van der Waals surface area contributed by atoms with E-state index in [2.05, 4.69) is 23.8 Å². The summed E-state index contributed by atoms with van der Waals surface area (Å²) in [7, 11) is 2.12. The predicted molar refractivity (Wildman–Crippen MR) is 77.1 cm³/mol. The number of carbonyl (C=O) groups is 1. The van der Waals surface area contributed by atoms with Crippen LogP contribution in [0.25, 0.3) is 0 Å². The number of aromatic carboxylic acids is 1. The molecule has 2 rings (SSSR count). The molecule has 1 aliphatic rings. The van der Waals surface area contributed by atoms with Crippen LogP contribution in [0.5, 0.6) is 0 Å². The van der Waals surface area contributed by atoms with Crippen LogP contribution in [0, 0.1) is 6.92 Å². The van der Waals surface area contributed by atoms with Gasteiger partial charge in [0.1, 0.15) is 0 Å². The Morgan fingerprint density at radius 3 is 2.79 bits per heavy atom. The first-order chi connectivity index (χ1) is 9.00. The molecule has 1 unspecified atom stereocenters. The number of para-hydroxylation sites is 1. The summed E-state index contributed by atoms with van der Waals surface area (Å²) in [6, 6.07) is 5.83. The number of anilines is 1. The molecule has 0 spiro atoms. The molecule has 19 heavy (non-hydrogen) atoms. The second kappa shape index (κ2) is 5.61. The number of benzene rings is 1. The summed E-state index contributed by atoms with van der Waals surface area (Å²) < 4.78 is 0. The van der Waals surface area contributed by atoms with E-state index in [4.69, 9.17) is 0 Å². The maximum absolute atomic E-state index is 11.4. The maximum Gasteiger partial charge on any atom is 0.337 e. The summed E-state index contributed by atoms with van der Waals surface area (Å²) in [5.74, 6) is -0.844. The molecule has 1 fully saturated rings. The average Bonchev–Trinajstić information content (AvgIpc) is 2.50. The van der Waals surface area contributed by atoms with E-state index in [-0.39, 0.29) is 0 Å². The molecule has 1 saturated heterocycles. The van der Waals surface area contributed by atoms with Crippen molar-refractivity contribution < 1.29 is 9.90 Å². The Bertz CT molecular complexity index is 473. The van der Waals surface area contributed by atoms with Crippen LogP contribution in [0.1, 0.15) is 29.3 Å². The van der Waals surface area contributed by atoms with Gasteiger partial charge in [-0.2, -0.15) is 0 Å². The summed E-state index contributed by atoms with van der Waals surface area (Å²) >= 11 is 0. The van der Waals surface area contributed by atoms with Crippen molar-refractivity contribution in [3.63, 3.8) is 0 Å². The van der Waals surface area contributed by atoms with Gasteiger partial charge in [-0.15, -0.1) is 0 Å². The maximum atomic E-state index is 11.4. The van der Waals surface area contributed by atoms with Crippen LogP contribution in [-0.4, -0.2) is 48.7 Å². The van der Waals surface area contributed by atoms with E-state index in [0.29, 0.717) is 11.6 Å². The smallest absolute Gasteiger partial charge is 0.337 e. The van der Waals surface area contributed by atoms with Crippen molar-refractivity contribution in [1.82, 2.24) is 4.90 Å². The Balaban J connectivity index is 2.42. The monoisotopic (exact) mass is 262 g/mol. The van der Waals surface area contributed by atoms with Gasteiger partial charge in [-0.25, -0.2) is 4.79 Å². The second-order valence-corrected chi connectivity index (χ2v) is 5.43. The number of hydrogen-bond acceptors (Lipinski definition) is 3. The summed E-state index contributed by atoms with van der Waals surface area (Å²) in [6.07, 6.45) is 1.06. The van der Waals surface area contributed by atoms with E-state index in [9.17, 15) is 9.90 Å². The third-order valence-corrected chi connectivity index (χ3v) is 3.80. The normalized spacial score (nSPS) is 21.2. The predicted octanol–water partition coefficient (Wildman–Crippen LogP) is 2.22. The Kier molecular flexibility index (Phi) is 4.10. The lowest BCUT2D eigenvalue weighted by Gasteiger charge is -2.32. The minimum absolute atomic E-state index is 0.326. The zero-order valence-corrected chi connectivity index (χ0v) is 11.9. The molecule has 0 saturated carbocycles. The average molecular weight is 262 g/mol. The standard InChI is InChI=1S/C15H22N2O2/c1-11-6-4-7-13(15(18)19)14(11)17-9-5-8-16(3)10-12(17)2/h4,6-7,12H,5,8-10H2,1-3H3,(H,18,19). The molecule has 1 aliphatic heterocycles. The van der Waals surface area contributed by atoms with Gasteiger partial charge >= 0.3 is 5.97 Å². The van der Waals surface area contributed by atoms with Gasteiger partial charge in [0.05, 0.1) is 11.3 Å². The molecular weight excluding hydrogens is 240 g/mol. The topological polar surface area (TPSA) is 43.8 Å². The fraction of sp³-hybridized carbons (Fsp3) is 0.533. The van der Waals surface area contributed by atoms with Gasteiger partial charge in [-0.05, 0) is 45.5 Å². The molecule has 1 aromatic rings. The molecule has 0 aromatic heterocycles. The Labute approximate surface area is 114 Å². The van der Waals surface area contributed by atoms with E-state index in [1.807, 2.05) is 19.1 Å². The lowest BCUT2D eigenvalue weighted by molar-refractivity contribution is 0.0697. The first-order valence-corrected chi connectivity index (χ1v) is 6.79. The molecule has 1 N–H and O–H groups in total. The Morgan fingerprint density at radius 2 is 2.11 bits per heavy atom. The minimum Gasteiger partial charge on any atom is -0.478 e. The summed E-state index contributed by atoms with van der Waals surface area (Å²) in [6.45, 7) is 7.10. The van der Waals surface area contributed by atoms with Crippen LogP contribution in [0.15, 0.2) is 18.2 Å². The van der Waals surface area contributed by atoms with E-state index in [0.717, 1.165) is 37.3 Å². The zero-order valence-electron chi connectivity index (χ0n) is 11.9. The van der Waals surface area contributed by atoms with Gasteiger partial charge in [-0.1, -0.05) is 12.1 Å². The number of hydrogen-bond donors (Lipinski definition) is 1. The molecule has 0 aliphatic carbocycles. The van der Waals surface area contributed by atoms with Crippen molar-refractivity contribution in [2.24, 2.45) is 0 Å². The first-order valence-electron chi connectivity index (χ1n) is 6.79. The number of likely N-dealkylation sites (N-methyl/N-ethyl adjacent to an activating group) is 1. The number of aryl methyl sites for hydroxylation is 1. The lowest BCUT2D eigenvalue weighted by atomic mass is 10.0. The fourth-order valence-electron chi connectivity index (χ4n) is 2.92. The minimum atomic E-state index is -0.844. The molecular formula is C15H22N2O2. The highest BCUT2D eigenvalue weighted by atomic mass is 16.4. The lowest BCUT2D eigenvalue weighted by Crippen LogP contribution is -2.39. The molecule has 4 nitrogen and oxygen atoms in total. The highest BCUT2D eigenvalue weighted by molar-refractivity contribution is 5.95. The van der Waals surface area contributed by atoms with Crippen LogP contribution < -0.4 is 4.90 Å². The number of nitrogens with zero attached hydrogens (tertiary/aromatic N) is 2. The molecule has 4 heteroatoms. The summed E-state index contributed by atoms with van der Waals surface area (Å²) in [4.78, 5) is 16.0. The quantitative estimate of drug-likeness (QED) is 0.887. The van der Waals surface area contributed by atoms with Gasteiger partial charge < -0.3 is 14.9 Å². The van der Waals surface area contributed by atoms with Crippen molar-refractivity contribution in [2.45, 2.75) is 26.3 Å². The van der Waals surface area contributed by atoms with E-state index >= 15 is 0 Å². The third kappa shape index (κ3) is 2.89. The van der Waals surface area contributed by atoms with Crippen molar-refractivity contribution in [3.8, 4) is 0 Å². The van der Waals surface area contributed by atoms with Gasteiger partial charge in [0.25, 0.3) is 0 Å². The van der Waals surface area contributed by atoms with Gasteiger partial charge in [0, 0.05) is 19.1 Å². The fourth-order valence-corrected chi connectivity index (χ4v) is 2.92. The van der Waals surface area contributed by atoms with Crippen molar-refractivity contribution in [1.29, 1.82) is 0 Å². The molecule has 1 heterocycles. The molecule has 1 atom stereocenters. The van der Waals surface area contributed by atoms with Gasteiger partial charge in [-0.3, -0.25) is 0 Å². The number of rotatable bonds is 2. The largest absolute Gasteiger partial charge is 0.478 e. The van der Waals surface area contributed by atoms with Crippen LogP contribution in [0.3, 0.4) is 0 Å². The molecule has 1 aromatic carbocycles. The SMILES string of the molecule is Cc1cccc(C(=O)O)c1N1CCCN(C)CC1C. The summed E-state index contributed by atoms with van der Waals surface area (Å²) in [5, 5.41) is 9.39. The van der Waals surface area contributed by atoms with E-state index < -0.39 is 5.97 Å². The highest BCUT2D eigenvalue weighted by Gasteiger charge is 2.24. The van der Waals surface area contributed by atoms with Crippen LogP contribution >= 0.6 is 0 Å². The third-order valence-electron chi connectivity index (χ3n) is 3.80. The van der Waals surface area contributed by atoms with Crippen molar-refractivity contribution >= 4 is 11.7 Å². The first kappa shape index (κ1) is 13.9. The van der Waals surface area contributed by atoms with Crippen LogP contribution in [0.4, 0.5) is 5.69 Å². The Morgan fingerprint density at radius 1 is 1.37 bits per heavy atom. The van der Waals surface area contributed by atoms with Gasteiger partial charge in [0.15, 0.2) is 0 Å². The molecule has 0 radical (unpaired) electrons. The van der Waals surface area contributed by atoms with Crippen LogP contribution in [-0.2, 0) is 0 Å². The van der Waals surface area contributed by atoms with Gasteiger partial charge in [0.2, 0.25) is 0 Å². The number of carboxylic acid groups (broad SMARTS) is 1. The van der Waals surface area contributed by atoms with E-state index in [1.54, 1.807) is 6.07 Å². The molecule has 0 amide bonds. The Hall–Kier alpha value is -1.55. The second-order valence-electron chi connectivity index (χ2n) is 5.43. The highest BCUT2D eigenvalue weighted by Crippen LogP contribution is 2.28. The van der Waals surface area contributed by atoms with Crippen molar-refractivity contribution in [2.75, 3.05) is 31.6 Å². The molecule has 0 bridgehead atoms. The molecule has 104 valence electrons. The van der Waals surface area contributed by atoms with Crippen LogP contribution in [0.2, 0.25) is 0 Å². The zero-order chi connectivity index (χ0) is 14.0. The summed E-state index contributed by atoms with van der Waals surface area (Å²) in [5.41, 5.74) is 2.34. The van der Waals surface area contributed by atoms with E-state index in [1.165, 1.54) is 0 Å². The number of carboxylic acids is 1.